The van der Waals surface area contributed by atoms with Crippen molar-refractivity contribution in [1.29, 1.82) is 0 Å². The van der Waals surface area contributed by atoms with Crippen molar-refractivity contribution < 1.29 is 14.3 Å². The summed E-state index contributed by atoms with van der Waals surface area (Å²) in [7, 11) is 3.19. The molecule has 0 aromatic carbocycles. The molecule has 0 fully saturated rings. The van der Waals surface area contributed by atoms with Gasteiger partial charge >= 0.3 is 5.97 Å². The van der Waals surface area contributed by atoms with Crippen molar-refractivity contribution in [1.82, 2.24) is 14.9 Å². The van der Waals surface area contributed by atoms with Gasteiger partial charge in [0.2, 0.25) is 5.91 Å². The molecule has 0 radical (unpaired) electrons. The summed E-state index contributed by atoms with van der Waals surface area (Å²) >= 11 is 1.33. The normalized spacial score (nSPS) is 13.6. The average Bonchev–Trinajstić information content (AvgIpc) is 2.86. The van der Waals surface area contributed by atoms with E-state index in [4.69, 9.17) is 4.74 Å². The Labute approximate surface area is 123 Å². The van der Waals surface area contributed by atoms with E-state index in [1.165, 1.54) is 18.9 Å². The highest BCUT2D eigenvalue weighted by Gasteiger charge is 2.26. The molecule has 0 aliphatic rings. The number of amides is 1. The quantitative estimate of drug-likeness (QED) is 0.605. The fraction of sp³-hybridized carbons (Fsp3) is 0.615. The zero-order valence-electron chi connectivity index (χ0n) is 12.3. The van der Waals surface area contributed by atoms with E-state index in [1.807, 2.05) is 31.7 Å². The maximum atomic E-state index is 11.9. The summed E-state index contributed by atoms with van der Waals surface area (Å²) in [5.74, 6) is -0.359. The van der Waals surface area contributed by atoms with Crippen LogP contribution in [0.3, 0.4) is 0 Å². The number of hydrogen-bond donors (Lipinski definition) is 1. The van der Waals surface area contributed by atoms with Crippen LogP contribution in [0.2, 0.25) is 0 Å². The van der Waals surface area contributed by atoms with Crippen LogP contribution in [-0.2, 0) is 21.4 Å². The van der Waals surface area contributed by atoms with Crippen molar-refractivity contribution in [2.45, 2.75) is 31.5 Å². The monoisotopic (exact) mass is 299 g/mol. The van der Waals surface area contributed by atoms with Crippen molar-refractivity contribution >= 4 is 23.6 Å². The lowest BCUT2D eigenvalue weighted by Gasteiger charge is -2.21. The number of carbonyl (C=O) groups is 2. The number of imidazole rings is 1. The van der Waals surface area contributed by atoms with Crippen molar-refractivity contribution in [2.75, 3.05) is 12.9 Å². The number of thioether (sulfide) groups is 1. The number of nitrogens with zero attached hydrogens (tertiary/aromatic N) is 2. The number of rotatable bonds is 7. The Bertz CT molecular complexity index is 461. The zero-order chi connectivity index (χ0) is 15.1. The molecule has 1 rings (SSSR count). The van der Waals surface area contributed by atoms with Gasteiger partial charge in [0, 0.05) is 19.4 Å². The Morgan fingerprint density at radius 2 is 2.25 bits per heavy atom. The fourth-order valence-corrected chi connectivity index (χ4v) is 2.38. The molecule has 1 heterocycles. The first-order valence-electron chi connectivity index (χ1n) is 6.46. The number of aromatic nitrogens is 2. The summed E-state index contributed by atoms with van der Waals surface area (Å²) in [6.45, 7) is 3.88. The number of esters is 1. The van der Waals surface area contributed by atoms with E-state index in [0.717, 1.165) is 11.6 Å². The van der Waals surface area contributed by atoms with Gasteiger partial charge in [-0.1, -0.05) is 32.0 Å². The molecule has 0 spiro atoms. The molecule has 1 N–H and O–H groups in total. The summed E-state index contributed by atoms with van der Waals surface area (Å²) in [5, 5.41) is 3.49. The highest BCUT2D eigenvalue weighted by Crippen LogP contribution is 2.15. The van der Waals surface area contributed by atoms with E-state index in [-0.39, 0.29) is 17.6 Å². The molecule has 0 bridgehead atoms. The number of methoxy groups -OCH3 is 1. The molecule has 2 atom stereocenters. The maximum absolute atomic E-state index is 11.9. The highest BCUT2D eigenvalue weighted by atomic mass is 32.2. The molecular formula is C13H21N3O3S. The van der Waals surface area contributed by atoms with Gasteiger partial charge in [0.15, 0.2) is 5.16 Å². The van der Waals surface area contributed by atoms with E-state index in [1.54, 1.807) is 6.20 Å². The fourth-order valence-electron chi connectivity index (χ4n) is 1.63. The number of aryl methyl sites for hydroxylation is 1. The smallest absolute Gasteiger partial charge is 0.328 e. The topological polar surface area (TPSA) is 73.2 Å². The molecule has 0 unspecified atom stereocenters. The minimum absolute atomic E-state index is 0.0320. The van der Waals surface area contributed by atoms with E-state index in [2.05, 4.69) is 10.3 Å². The van der Waals surface area contributed by atoms with Crippen LogP contribution in [0.5, 0.6) is 0 Å². The van der Waals surface area contributed by atoms with Gasteiger partial charge in [-0.15, -0.1) is 0 Å². The van der Waals surface area contributed by atoms with Crippen LogP contribution >= 0.6 is 11.8 Å². The van der Waals surface area contributed by atoms with Crippen LogP contribution in [0.15, 0.2) is 17.6 Å². The molecule has 1 aromatic heterocycles. The Morgan fingerprint density at radius 1 is 1.55 bits per heavy atom. The molecule has 20 heavy (non-hydrogen) atoms. The van der Waals surface area contributed by atoms with E-state index >= 15 is 0 Å². The lowest BCUT2D eigenvalue weighted by atomic mass is 9.99. The third-order valence-corrected chi connectivity index (χ3v) is 4.15. The lowest BCUT2D eigenvalue weighted by Crippen LogP contribution is -2.46. The molecule has 0 aliphatic heterocycles. The number of ether oxygens (including phenoxy) is 1. The highest BCUT2D eigenvalue weighted by molar-refractivity contribution is 7.99. The van der Waals surface area contributed by atoms with Crippen molar-refractivity contribution in [3.63, 3.8) is 0 Å². The van der Waals surface area contributed by atoms with Crippen LogP contribution in [0.4, 0.5) is 0 Å². The second-order valence-corrected chi connectivity index (χ2v) is 5.51. The molecule has 112 valence electrons. The van der Waals surface area contributed by atoms with Gasteiger partial charge in [-0.2, -0.15) is 0 Å². The largest absolute Gasteiger partial charge is 0.467 e. The lowest BCUT2D eigenvalue weighted by molar-refractivity contribution is -0.146. The summed E-state index contributed by atoms with van der Waals surface area (Å²) in [6.07, 6.45) is 4.28. The average molecular weight is 299 g/mol. The zero-order valence-corrected chi connectivity index (χ0v) is 13.1. The third kappa shape index (κ3) is 4.56. The molecule has 0 aliphatic carbocycles. The minimum atomic E-state index is -0.598. The van der Waals surface area contributed by atoms with Crippen LogP contribution in [0.25, 0.3) is 0 Å². The number of nitrogens with one attached hydrogen (secondary N) is 1. The second kappa shape index (κ2) is 7.94. The van der Waals surface area contributed by atoms with Gasteiger partial charge in [-0.05, 0) is 5.92 Å². The molecule has 1 amide bonds. The van der Waals surface area contributed by atoms with E-state index in [0.29, 0.717) is 0 Å². The SMILES string of the molecule is CC[C@H](C)[C@@H](NC(=O)CSc1nccn1C)C(=O)OC. The summed E-state index contributed by atoms with van der Waals surface area (Å²) in [4.78, 5) is 27.7. The van der Waals surface area contributed by atoms with Crippen LogP contribution < -0.4 is 5.32 Å². The molecular weight excluding hydrogens is 278 g/mol. The Kier molecular flexibility index (Phi) is 6.57. The van der Waals surface area contributed by atoms with E-state index in [9.17, 15) is 9.59 Å². The van der Waals surface area contributed by atoms with Crippen LogP contribution in [0, 0.1) is 5.92 Å². The second-order valence-electron chi connectivity index (χ2n) is 4.56. The molecule has 7 heteroatoms. The molecule has 0 saturated heterocycles. The van der Waals surface area contributed by atoms with Crippen molar-refractivity contribution in [3.05, 3.63) is 12.4 Å². The molecule has 0 saturated carbocycles. The third-order valence-electron chi connectivity index (χ3n) is 3.09. The minimum Gasteiger partial charge on any atom is -0.467 e. The van der Waals surface area contributed by atoms with Gasteiger partial charge in [0.05, 0.1) is 12.9 Å². The molecule has 1 aromatic rings. The van der Waals surface area contributed by atoms with Gasteiger partial charge in [0.25, 0.3) is 0 Å². The predicted molar refractivity (Wildman–Crippen MR) is 77.3 cm³/mol. The Hall–Kier alpha value is -1.50. The van der Waals surface area contributed by atoms with Gasteiger partial charge < -0.3 is 14.6 Å². The number of carbonyl (C=O) groups excluding carboxylic acids is 2. The molecule has 6 nitrogen and oxygen atoms in total. The standard InChI is InChI=1S/C13H21N3O3S/c1-5-9(2)11(12(18)19-4)15-10(17)8-20-13-14-6-7-16(13)3/h6-7,9,11H,5,8H2,1-4H3,(H,15,17)/t9-,11+/m0/s1. The number of hydrogen-bond acceptors (Lipinski definition) is 5. The van der Waals surface area contributed by atoms with Crippen molar-refractivity contribution in [3.8, 4) is 0 Å². The first-order chi connectivity index (χ1) is 9.49. The van der Waals surface area contributed by atoms with Crippen LogP contribution in [-0.4, -0.2) is 40.3 Å². The predicted octanol–water partition coefficient (Wildman–Crippen LogP) is 1.22. The summed E-state index contributed by atoms with van der Waals surface area (Å²) in [5.41, 5.74) is 0. The van der Waals surface area contributed by atoms with Crippen molar-refractivity contribution in [2.24, 2.45) is 13.0 Å². The van der Waals surface area contributed by atoms with Crippen LogP contribution in [0.1, 0.15) is 20.3 Å². The van der Waals surface area contributed by atoms with E-state index < -0.39 is 12.0 Å². The first-order valence-corrected chi connectivity index (χ1v) is 7.45. The summed E-state index contributed by atoms with van der Waals surface area (Å²) in [6, 6.07) is -0.598. The Morgan fingerprint density at radius 3 is 2.75 bits per heavy atom. The maximum Gasteiger partial charge on any atom is 0.328 e. The summed E-state index contributed by atoms with van der Waals surface area (Å²) < 4.78 is 6.57. The van der Waals surface area contributed by atoms with Gasteiger partial charge in [-0.3, -0.25) is 4.79 Å². The Balaban J connectivity index is 2.54. The van der Waals surface area contributed by atoms with Gasteiger partial charge in [0.1, 0.15) is 6.04 Å². The first kappa shape index (κ1) is 16.6. The van der Waals surface area contributed by atoms with Gasteiger partial charge in [-0.25, -0.2) is 9.78 Å².